The van der Waals surface area contributed by atoms with Crippen LogP contribution in [0.15, 0.2) is 17.5 Å². The van der Waals surface area contributed by atoms with Crippen LogP contribution >= 0.6 is 11.3 Å². The summed E-state index contributed by atoms with van der Waals surface area (Å²) in [7, 11) is 2.03. The lowest BCUT2D eigenvalue weighted by Crippen LogP contribution is -2.28. The number of hydrogen-bond donors (Lipinski definition) is 1. The third-order valence-electron chi connectivity index (χ3n) is 2.87. The first kappa shape index (κ1) is 11.1. The molecule has 1 heterocycles. The lowest BCUT2D eigenvalue weighted by molar-refractivity contribution is 0.253. The molecule has 0 aliphatic heterocycles. The van der Waals surface area contributed by atoms with Crippen molar-refractivity contribution >= 4 is 11.3 Å². The van der Waals surface area contributed by atoms with Gasteiger partial charge in [0.25, 0.3) is 0 Å². The van der Waals surface area contributed by atoms with E-state index in [9.17, 15) is 0 Å². The van der Waals surface area contributed by atoms with Gasteiger partial charge in [-0.15, -0.1) is 11.3 Å². The molecule has 0 bridgehead atoms. The van der Waals surface area contributed by atoms with Gasteiger partial charge in [0.2, 0.25) is 0 Å². The number of hydrogen-bond acceptors (Lipinski definition) is 3. The van der Waals surface area contributed by atoms with Gasteiger partial charge in [0.05, 0.1) is 0 Å². The van der Waals surface area contributed by atoms with Crippen molar-refractivity contribution in [1.82, 2.24) is 10.2 Å². The summed E-state index contributed by atoms with van der Waals surface area (Å²) in [6, 6.07) is 5.28. The molecule has 3 heteroatoms. The zero-order chi connectivity index (χ0) is 10.5. The Balaban J connectivity index is 1.78. The minimum Gasteiger partial charge on any atom is -0.320 e. The molecule has 0 unspecified atom stereocenters. The third kappa shape index (κ3) is 3.59. The molecule has 0 aromatic carbocycles. The zero-order valence-corrected chi connectivity index (χ0v) is 10.2. The second-order valence-corrected chi connectivity index (χ2v) is 5.27. The van der Waals surface area contributed by atoms with E-state index in [1.54, 1.807) is 0 Å². The normalized spacial score (nSPS) is 16.1. The highest BCUT2D eigenvalue weighted by atomic mass is 32.1. The molecule has 1 aromatic heterocycles. The summed E-state index contributed by atoms with van der Waals surface area (Å²) < 4.78 is 0. The maximum absolute atomic E-state index is 3.22. The highest BCUT2D eigenvalue weighted by Gasteiger charge is 2.28. The van der Waals surface area contributed by atoms with E-state index in [0.717, 1.165) is 19.1 Å². The number of nitrogens with zero attached hydrogens (tertiary/aromatic N) is 1. The van der Waals surface area contributed by atoms with E-state index < -0.39 is 0 Å². The van der Waals surface area contributed by atoms with Crippen LogP contribution in [-0.4, -0.2) is 31.1 Å². The topological polar surface area (TPSA) is 15.3 Å². The van der Waals surface area contributed by atoms with Gasteiger partial charge in [-0.3, -0.25) is 4.90 Å². The van der Waals surface area contributed by atoms with Crippen molar-refractivity contribution in [3.63, 3.8) is 0 Å². The first-order valence-electron chi connectivity index (χ1n) is 5.81. The van der Waals surface area contributed by atoms with Gasteiger partial charge in [-0.2, -0.15) is 0 Å². The molecule has 1 saturated carbocycles. The molecular weight excluding hydrogens is 204 g/mol. The minimum absolute atomic E-state index is 0.879. The summed E-state index contributed by atoms with van der Waals surface area (Å²) in [5.41, 5.74) is 0. The lowest BCUT2D eigenvalue weighted by Gasteiger charge is -2.21. The molecule has 1 aromatic rings. The predicted molar refractivity (Wildman–Crippen MR) is 66.3 cm³/mol. The highest BCUT2D eigenvalue weighted by molar-refractivity contribution is 7.09. The zero-order valence-electron chi connectivity index (χ0n) is 9.41. The van der Waals surface area contributed by atoms with E-state index in [0.29, 0.717) is 0 Å². The van der Waals surface area contributed by atoms with Crippen molar-refractivity contribution in [3.8, 4) is 0 Å². The molecule has 1 aliphatic rings. The van der Waals surface area contributed by atoms with Gasteiger partial charge in [-0.1, -0.05) is 6.07 Å². The van der Waals surface area contributed by atoms with Crippen LogP contribution in [0.2, 0.25) is 0 Å². The Morgan fingerprint density at radius 2 is 2.40 bits per heavy atom. The average Bonchev–Trinajstić information content (AvgIpc) is 2.97. The molecule has 1 aliphatic carbocycles. The Morgan fingerprint density at radius 3 is 3.00 bits per heavy atom. The van der Waals surface area contributed by atoms with E-state index >= 15 is 0 Å². The molecule has 2 rings (SSSR count). The van der Waals surface area contributed by atoms with E-state index in [-0.39, 0.29) is 0 Å². The van der Waals surface area contributed by atoms with Gasteiger partial charge >= 0.3 is 0 Å². The predicted octanol–water partition coefficient (Wildman–Crippen LogP) is 2.32. The van der Waals surface area contributed by atoms with Crippen LogP contribution in [0, 0.1) is 0 Å². The molecule has 0 spiro atoms. The quantitative estimate of drug-likeness (QED) is 0.715. The van der Waals surface area contributed by atoms with Gasteiger partial charge < -0.3 is 5.32 Å². The fourth-order valence-electron chi connectivity index (χ4n) is 1.89. The number of rotatable bonds is 7. The Labute approximate surface area is 96.3 Å². The standard InChI is InChI=1S/C12H20N2S/c1-13-7-3-8-14(11-5-6-11)10-12-4-2-9-15-12/h2,4,9,11,13H,3,5-8,10H2,1H3. The Hall–Kier alpha value is -0.380. The fraction of sp³-hybridized carbons (Fsp3) is 0.667. The molecule has 1 fully saturated rings. The maximum atomic E-state index is 3.22. The molecule has 15 heavy (non-hydrogen) atoms. The minimum atomic E-state index is 0.879. The van der Waals surface area contributed by atoms with Crippen molar-refractivity contribution in [1.29, 1.82) is 0 Å². The number of nitrogens with one attached hydrogen (secondary N) is 1. The van der Waals surface area contributed by atoms with E-state index in [1.807, 2.05) is 18.4 Å². The lowest BCUT2D eigenvalue weighted by atomic mass is 10.3. The van der Waals surface area contributed by atoms with E-state index in [2.05, 4.69) is 27.7 Å². The van der Waals surface area contributed by atoms with Crippen LogP contribution in [0.5, 0.6) is 0 Å². The van der Waals surface area contributed by atoms with Gasteiger partial charge in [-0.05, 0) is 44.3 Å². The monoisotopic (exact) mass is 224 g/mol. The second-order valence-electron chi connectivity index (χ2n) is 4.24. The van der Waals surface area contributed by atoms with Crippen molar-refractivity contribution < 1.29 is 0 Å². The largest absolute Gasteiger partial charge is 0.320 e. The maximum Gasteiger partial charge on any atom is 0.0330 e. The molecule has 0 atom stereocenters. The molecule has 0 amide bonds. The average molecular weight is 224 g/mol. The molecular formula is C12H20N2S. The van der Waals surface area contributed by atoms with Crippen LogP contribution in [0.1, 0.15) is 24.1 Å². The van der Waals surface area contributed by atoms with Crippen molar-refractivity contribution in [2.24, 2.45) is 0 Å². The van der Waals surface area contributed by atoms with E-state index in [4.69, 9.17) is 0 Å². The SMILES string of the molecule is CNCCCN(Cc1cccs1)C1CC1. The summed E-state index contributed by atoms with van der Waals surface area (Å²) in [4.78, 5) is 4.15. The van der Waals surface area contributed by atoms with Gasteiger partial charge in [0, 0.05) is 24.0 Å². The first-order valence-corrected chi connectivity index (χ1v) is 6.69. The van der Waals surface area contributed by atoms with Gasteiger partial charge in [0.15, 0.2) is 0 Å². The Morgan fingerprint density at radius 1 is 1.53 bits per heavy atom. The van der Waals surface area contributed by atoms with E-state index in [1.165, 1.54) is 30.7 Å². The van der Waals surface area contributed by atoms with Crippen LogP contribution in [0.4, 0.5) is 0 Å². The summed E-state index contributed by atoms with van der Waals surface area (Å²) in [5, 5.41) is 5.39. The number of thiophene rings is 1. The molecule has 0 radical (unpaired) electrons. The molecule has 0 saturated heterocycles. The van der Waals surface area contributed by atoms with Gasteiger partial charge in [0.1, 0.15) is 0 Å². The van der Waals surface area contributed by atoms with Crippen LogP contribution in [-0.2, 0) is 6.54 Å². The Kier molecular flexibility index (Phi) is 4.18. The smallest absolute Gasteiger partial charge is 0.0330 e. The fourth-order valence-corrected chi connectivity index (χ4v) is 2.62. The molecule has 1 N–H and O–H groups in total. The van der Waals surface area contributed by atoms with Crippen molar-refractivity contribution in [2.45, 2.75) is 31.8 Å². The summed E-state index contributed by atoms with van der Waals surface area (Å²) in [6.07, 6.45) is 4.08. The summed E-state index contributed by atoms with van der Waals surface area (Å²) in [5.74, 6) is 0. The Bertz CT molecular complexity index is 267. The van der Waals surface area contributed by atoms with Gasteiger partial charge in [-0.25, -0.2) is 0 Å². The van der Waals surface area contributed by atoms with Crippen molar-refractivity contribution in [3.05, 3.63) is 22.4 Å². The van der Waals surface area contributed by atoms with Crippen LogP contribution in [0.25, 0.3) is 0 Å². The summed E-state index contributed by atoms with van der Waals surface area (Å²) in [6.45, 7) is 3.53. The van der Waals surface area contributed by atoms with Crippen molar-refractivity contribution in [2.75, 3.05) is 20.1 Å². The second kappa shape index (κ2) is 5.64. The van der Waals surface area contributed by atoms with Crippen LogP contribution in [0.3, 0.4) is 0 Å². The third-order valence-corrected chi connectivity index (χ3v) is 3.74. The highest BCUT2D eigenvalue weighted by Crippen LogP contribution is 2.29. The molecule has 84 valence electrons. The molecule has 2 nitrogen and oxygen atoms in total. The first-order chi connectivity index (χ1) is 7.40. The van der Waals surface area contributed by atoms with Crippen LogP contribution < -0.4 is 5.32 Å². The summed E-state index contributed by atoms with van der Waals surface area (Å²) >= 11 is 1.88.